The van der Waals surface area contributed by atoms with Gasteiger partial charge in [-0.05, 0) is 25.0 Å². The Hall–Kier alpha value is -0.970. The van der Waals surface area contributed by atoms with Gasteiger partial charge in [0.25, 0.3) is 0 Å². The van der Waals surface area contributed by atoms with Crippen molar-refractivity contribution in [2.45, 2.75) is 37.6 Å². The molecule has 1 aromatic carbocycles. The number of alkyl halides is 1. The van der Waals surface area contributed by atoms with Crippen molar-refractivity contribution in [1.29, 1.82) is 0 Å². The van der Waals surface area contributed by atoms with Crippen molar-refractivity contribution in [2.24, 2.45) is 0 Å². The van der Waals surface area contributed by atoms with Gasteiger partial charge in [0.2, 0.25) is 5.91 Å². The number of benzene rings is 1. The molecule has 1 rings (SSSR count). The van der Waals surface area contributed by atoms with Gasteiger partial charge in [-0.15, -0.1) is 0 Å². The monoisotopic (exact) mass is 319 g/mol. The summed E-state index contributed by atoms with van der Waals surface area (Å²) in [6.45, 7) is 3.87. The van der Waals surface area contributed by atoms with Crippen LogP contribution in [0.1, 0.15) is 25.8 Å². The summed E-state index contributed by atoms with van der Waals surface area (Å²) in [4.78, 5) is 12.0. The SMILES string of the molecule is CC(Br)CC(C)NC(=O)Cc1ccc(F)cc1F. The van der Waals surface area contributed by atoms with Crippen LogP contribution in [0, 0.1) is 11.6 Å². The molecule has 0 spiro atoms. The average molecular weight is 320 g/mol. The fourth-order valence-corrected chi connectivity index (χ4v) is 2.27. The van der Waals surface area contributed by atoms with E-state index >= 15 is 0 Å². The first kappa shape index (κ1) is 15.1. The van der Waals surface area contributed by atoms with Crippen LogP contribution in [0.5, 0.6) is 0 Å². The van der Waals surface area contributed by atoms with E-state index in [1.165, 1.54) is 6.07 Å². The summed E-state index contributed by atoms with van der Waals surface area (Å²) in [6, 6.07) is 3.24. The summed E-state index contributed by atoms with van der Waals surface area (Å²) < 4.78 is 26.0. The molecule has 0 aromatic heterocycles. The quantitative estimate of drug-likeness (QED) is 0.830. The predicted molar refractivity (Wildman–Crippen MR) is 70.7 cm³/mol. The molecule has 2 unspecified atom stereocenters. The third-order valence-corrected chi connectivity index (χ3v) is 2.83. The highest BCUT2D eigenvalue weighted by molar-refractivity contribution is 9.09. The van der Waals surface area contributed by atoms with Crippen molar-refractivity contribution >= 4 is 21.8 Å². The number of rotatable bonds is 5. The molecule has 0 fully saturated rings. The number of nitrogens with one attached hydrogen (secondary N) is 1. The molecular weight excluding hydrogens is 304 g/mol. The zero-order chi connectivity index (χ0) is 13.7. The lowest BCUT2D eigenvalue weighted by Crippen LogP contribution is -2.35. The largest absolute Gasteiger partial charge is 0.353 e. The van der Waals surface area contributed by atoms with Crippen LogP contribution in [-0.4, -0.2) is 16.8 Å². The minimum atomic E-state index is -0.688. The fraction of sp³-hybridized carbons (Fsp3) is 0.462. The molecule has 2 nitrogen and oxygen atoms in total. The highest BCUT2D eigenvalue weighted by Gasteiger charge is 2.12. The molecule has 5 heteroatoms. The molecular formula is C13H16BrF2NO. The summed E-state index contributed by atoms with van der Waals surface area (Å²) >= 11 is 3.40. The Balaban J connectivity index is 2.54. The van der Waals surface area contributed by atoms with Crippen LogP contribution in [0.2, 0.25) is 0 Å². The van der Waals surface area contributed by atoms with Crippen molar-refractivity contribution in [2.75, 3.05) is 0 Å². The van der Waals surface area contributed by atoms with E-state index in [1.807, 2.05) is 13.8 Å². The Morgan fingerprint density at radius 1 is 1.39 bits per heavy atom. The summed E-state index contributed by atoms with van der Waals surface area (Å²) in [6.07, 6.45) is 0.713. The normalized spacial score (nSPS) is 14.1. The van der Waals surface area contributed by atoms with Crippen LogP contribution < -0.4 is 5.32 Å². The molecule has 18 heavy (non-hydrogen) atoms. The molecule has 0 bridgehead atoms. The van der Waals surface area contributed by atoms with Crippen LogP contribution in [0.15, 0.2) is 18.2 Å². The smallest absolute Gasteiger partial charge is 0.224 e. The number of hydrogen-bond donors (Lipinski definition) is 1. The number of amides is 1. The minimum absolute atomic E-state index is 0.00962. The summed E-state index contributed by atoms with van der Waals surface area (Å²) in [7, 11) is 0. The number of hydrogen-bond acceptors (Lipinski definition) is 1. The average Bonchev–Trinajstić information content (AvgIpc) is 2.20. The molecule has 1 amide bonds. The maximum absolute atomic E-state index is 13.3. The highest BCUT2D eigenvalue weighted by atomic mass is 79.9. The van der Waals surface area contributed by atoms with Crippen LogP contribution in [0.4, 0.5) is 8.78 Å². The zero-order valence-electron chi connectivity index (χ0n) is 10.3. The molecule has 1 aromatic rings. The molecule has 0 saturated carbocycles. The first-order valence-electron chi connectivity index (χ1n) is 5.76. The molecule has 100 valence electrons. The van der Waals surface area contributed by atoms with E-state index in [0.717, 1.165) is 18.6 Å². The van der Waals surface area contributed by atoms with E-state index in [-0.39, 0.29) is 23.9 Å². The van der Waals surface area contributed by atoms with E-state index in [9.17, 15) is 13.6 Å². The standard InChI is InChI=1S/C13H16BrF2NO/c1-8(14)5-9(2)17-13(18)6-10-3-4-11(15)7-12(10)16/h3-4,7-9H,5-6H2,1-2H3,(H,17,18). The van der Waals surface area contributed by atoms with E-state index in [1.54, 1.807) is 0 Å². The van der Waals surface area contributed by atoms with Crippen molar-refractivity contribution < 1.29 is 13.6 Å². The van der Waals surface area contributed by atoms with Crippen molar-refractivity contribution in [1.82, 2.24) is 5.32 Å². The Morgan fingerprint density at radius 3 is 2.61 bits per heavy atom. The molecule has 2 atom stereocenters. The predicted octanol–water partition coefficient (Wildman–Crippen LogP) is 3.19. The Bertz CT molecular complexity index is 423. The van der Waals surface area contributed by atoms with Gasteiger partial charge < -0.3 is 5.32 Å². The third kappa shape index (κ3) is 5.12. The molecule has 0 aliphatic rings. The van der Waals surface area contributed by atoms with Crippen molar-refractivity contribution in [3.05, 3.63) is 35.4 Å². The van der Waals surface area contributed by atoms with Gasteiger partial charge in [0.15, 0.2) is 0 Å². The summed E-state index contributed by atoms with van der Waals surface area (Å²) in [5.41, 5.74) is 0.202. The van der Waals surface area contributed by atoms with Crippen LogP contribution in [0.3, 0.4) is 0 Å². The Labute approximate surface area is 114 Å². The van der Waals surface area contributed by atoms with E-state index < -0.39 is 11.6 Å². The summed E-state index contributed by atoms with van der Waals surface area (Å²) in [5.74, 6) is -1.59. The number of carbonyl (C=O) groups is 1. The first-order valence-corrected chi connectivity index (χ1v) is 6.67. The van der Waals surface area contributed by atoms with Gasteiger partial charge in [0.1, 0.15) is 11.6 Å². The van der Waals surface area contributed by atoms with Gasteiger partial charge in [-0.25, -0.2) is 8.78 Å². The summed E-state index contributed by atoms with van der Waals surface area (Å²) in [5, 5.41) is 2.77. The number of carbonyl (C=O) groups excluding carboxylic acids is 1. The highest BCUT2D eigenvalue weighted by Crippen LogP contribution is 2.11. The Morgan fingerprint density at radius 2 is 2.06 bits per heavy atom. The van der Waals surface area contributed by atoms with Gasteiger partial charge in [-0.2, -0.15) is 0 Å². The van der Waals surface area contributed by atoms with Crippen LogP contribution in [-0.2, 0) is 11.2 Å². The van der Waals surface area contributed by atoms with Crippen LogP contribution in [0.25, 0.3) is 0 Å². The van der Waals surface area contributed by atoms with Gasteiger partial charge in [-0.3, -0.25) is 4.79 Å². The maximum Gasteiger partial charge on any atom is 0.224 e. The first-order chi connectivity index (χ1) is 8.38. The minimum Gasteiger partial charge on any atom is -0.353 e. The van der Waals surface area contributed by atoms with Gasteiger partial charge >= 0.3 is 0 Å². The van der Waals surface area contributed by atoms with E-state index in [2.05, 4.69) is 21.2 Å². The molecule has 0 radical (unpaired) electrons. The molecule has 0 heterocycles. The van der Waals surface area contributed by atoms with Crippen LogP contribution >= 0.6 is 15.9 Å². The topological polar surface area (TPSA) is 29.1 Å². The second-order valence-electron chi connectivity index (χ2n) is 4.40. The van der Waals surface area contributed by atoms with Crippen molar-refractivity contribution in [3.63, 3.8) is 0 Å². The molecule has 0 saturated heterocycles. The molecule has 0 aliphatic heterocycles. The molecule has 0 aliphatic carbocycles. The third-order valence-electron chi connectivity index (χ3n) is 2.45. The second kappa shape index (κ2) is 6.83. The fourth-order valence-electron chi connectivity index (χ4n) is 1.71. The van der Waals surface area contributed by atoms with Crippen molar-refractivity contribution in [3.8, 4) is 0 Å². The van der Waals surface area contributed by atoms with Gasteiger partial charge in [0.05, 0.1) is 6.42 Å². The lowest BCUT2D eigenvalue weighted by atomic mass is 10.1. The molecule has 1 N–H and O–H groups in total. The maximum atomic E-state index is 13.3. The lowest BCUT2D eigenvalue weighted by Gasteiger charge is -2.15. The van der Waals surface area contributed by atoms with Gasteiger partial charge in [-0.1, -0.05) is 28.9 Å². The zero-order valence-corrected chi connectivity index (χ0v) is 11.9. The van der Waals surface area contributed by atoms with E-state index in [0.29, 0.717) is 4.83 Å². The lowest BCUT2D eigenvalue weighted by molar-refractivity contribution is -0.121. The second-order valence-corrected chi connectivity index (χ2v) is 5.96. The van der Waals surface area contributed by atoms with Gasteiger partial charge in [0, 0.05) is 16.9 Å². The van der Waals surface area contributed by atoms with E-state index in [4.69, 9.17) is 0 Å². The Kier molecular flexibility index (Phi) is 5.72. The number of halogens is 3.